The Kier molecular flexibility index (Phi) is 6.12. The van der Waals surface area contributed by atoms with Gasteiger partial charge in [-0.05, 0) is 49.3 Å². The predicted octanol–water partition coefficient (Wildman–Crippen LogP) is 1.92. The monoisotopic (exact) mass is 366 g/mol. The summed E-state index contributed by atoms with van der Waals surface area (Å²) in [5, 5.41) is 12.3. The van der Waals surface area contributed by atoms with E-state index in [9.17, 15) is 14.9 Å². The van der Waals surface area contributed by atoms with Crippen molar-refractivity contribution in [2.45, 2.75) is 38.6 Å². The van der Waals surface area contributed by atoms with E-state index in [-0.39, 0.29) is 17.5 Å². The first-order valence-corrected chi connectivity index (χ1v) is 9.58. The van der Waals surface area contributed by atoms with Crippen molar-refractivity contribution in [3.05, 3.63) is 46.7 Å². The average Bonchev–Trinajstić information content (AvgIpc) is 2.71. The van der Waals surface area contributed by atoms with Gasteiger partial charge >= 0.3 is 0 Å². The zero-order valence-corrected chi connectivity index (χ0v) is 15.8. The van der Waals surface area contributed by atoms with Crippen molar-refractivity contribution in [2.75, 3.05) is 26.2 Å². The summed E-state index contributed by atoms with van der Waals surface area (Å²) in [4.78, 5) is 26.9. The molecule has 1 aromatic carbocycles. The Morgan fingerprint density at radius 1 is 1.15 bits per heavy atom. The van der Waals surface area contributed by atoms with E-state index in [0.717, 1.165) is 24.8 Å². The van der Waals surface area contributed by atoms with Gasteiger partial charge < -0.3 is 15.1 Å². The highest BCUT2D eigenvalue weighted by molar-refractivity contribution is 5.97. The van der Waals surface area contributed by atoms with Gasteiger partial charge in [0.05, 0.1) is 6.04 Å². The van der Waals surface area contributed by atoms with Gasteiger partial charge in [-0.25, -0.2) is 0 Å². The van der Waals surface area contributed by atoms with Gasteiger partial charge in [0.25, 0.3) is 5.91 Å². The molecule has 6 nitrogen and oxygen atoms in total. The number of carbonyl (C=O) groups is 2. The molecular formula is C21H26N4O2. The number of hydrogen-bond acceptors (Lipinski definition) is 4. The minimum atomic E-state index is -0.361. The summed E-state index contributed by atoms with van der Waals surface area (Å²) in [5.41, 5.74) is 3.96. The van der Waals surface area contributed by atoms with Gasteiger partial charge in [0.1, 0.15) is 11.6 Å². The fourth-order valence-corrected chi connectivity index (χ4v) is 3.67. The molecule has 0 aromatic heterocycles. The number of fused-ring (bicyclic) bond motifs is 1. The molecule has 2 amide bonds. The summed E-state index contributed by atoms with van der Waals surface area (Å²) >= 11 is 0. The number of piperazine rings is 1. The van der Waals surface area contributed by atoms with Crippen LogP contribution in [0.2, 0.25) is 0 Å². The molecule has 1 aliphatic carbocycles. The predicted molar refractivity (Wildman–Crippen MR) is 103 cm³/mol. The standard InChI is InChI=1S/C21H26N4O2/c1-16(18-7-6-17-4-2-3-5-19(17)12-18)23-21(27)20(13-22)14-24-8-10-25(15-26)11-9-24/h6-7,12,14-16H,2-5,8-11H2,1H3,(H,23,27)/b20-14-. The van der Waals surface area contributed by atoms with Crippen LogP contribution in [0.1, 0.15) is 42.5 Å². The first kappa shape index (κ1) is 19.0. The van der Waals surface area contributed by atoms with E-state index in [1.807, 2.05) is 17.9 Å². The van der Waals surface area contributed by atoms with E-state index in [2.05, 4.69) is 23.5 Å². The van der Waals surface area contributed by atoms with Crippen LogP contribution in [0.3, 0.4) is 0 Å². The fraction of sp³-hybridized carbons (Fsp3) is 0.476. The van der Waals surface area contributed by atoms with Gasteiger partial charge in [-0.15, -0.1) is 0 Å². The Hall–Kier alpha value is -2.81. The Labute approximate surface area is 160 Å². The third-order valence-electron chi connectivity index (χ3n) is 5.39. The molecule has 27 heavy (non-hydrogen) atoms. The second-order valence-electron chi connectivity index (χ2n) is 7.26. The Bertz CT molecular complexity index is 773. The maximum Gasteiger partial charge on any atom is 0.263 e. The topological polar surface area (TPSA) is 76.4 Å². The molecule has 0 bridgehead atoms. The summed E-state index contributed by atoms with van der Waals surface area (Å²) in [6.07, 6.45) is 7.14. The lowest BCUT2D eigenvalue weighted by Gasteiger charge is -2.31. The molecular weight excluding hydrogens is 340 g/mol. The molecule has 1 saturated heterocycles. The molecule has 1 heterocycles. The van der Waals surface area contributed by atoms with Gasteiger partial charge in [0.2, 0.25) is 6.41 Å². The van der Waals surface area contributed by atoms with Crippen molar-refractivity contribution in [3.8, 4) is 6.07 Å². The second-order valence-corrected chi connectivity index (χ2v) is 7.26. The molecule has 0 saturated carbocycles. The van der Waals surface area contributed by atoms with Crippen molar-refractivity contribution >= 4 is 12.3 Å². The van der Waals surface area contributed by atoms with Crippen LogP contribution in [-0.2, 0) is 22.4 Å². The molecule has 1 atom stereocenters. The maximum atomic E-state index is 12.5. The van der Waals surface area contributed by atoms with E-state index < -0.39 is 0 Å². The Morgan fingerprint density at radius 2 is 1.81 bits per heavy atom. The molecule has 2 aliphatic rings. The SMILES string of the molecule is CC(NC(=O)/C(C#N)=C\N1CCN(C=O)CC1)c1ccc2c(c1)CCCC2. The summed E-state index contributed by atoms with van der Waals surface area (Å²) in [6, 6.07) is 8.27. The van der Waals surface area contributed by atoms with Gasteiger partial charge in [-0.1, -0.05) is 18.2 Å². The smallest absolute Gasteiger partial charge is 0.263 e. The van der Waals surface area contributed by atoms with Crippen molar-refractivity contribution in [3.63, 3.8) is 0 Å². The molecule has 6 heteroatoms. The average molecular weight is 366 g/mol. The number of hydrogen-bond donors (Lipinski definition) is 1. The van der Waals surface area contributed by atoms with Crippen LogP contribution >= 0.6 is 0 Å². The lowest BCUT2D eigenvalue weighted by atomic mass is 9.89. The van der Waals surface area contributed by atoms with Gasteiger partial charge in [-0.2, -0.15) is 5.26 Å². The van der Waals surface area contributed by atoms with Crippen LogP contribution in [0.25, 0.3) is 0 Å². The highest BCUT2D eigenvalue weighted by atomic mass is 16.2. The molecule has 1 fully saturated rings. The molecule has 3 rings (SSSR count). The quantitative estimate of drug-likeness (QED) is 0.491. The van der Waals surface area contributed by atoms with E-state index in [1.54, 1.807) is 11.1 Å². The fourth-order valence-electron chi connectivity index (χ4n) is 3.67. The highest BCUT2D eigenvalue weighted by Gasteiger charge is 2.19. The number of nitriles is 1. The number of amides is 2. The Balaban J connectivity index is 1.63. The summed E-state index contributed by atoms with van der Waals surface area (Å²) in [6.45, 7) is 4.40. The second kappa shape index (κ2) is 8.72. The molecule has 1 N–H and O–H groups in total. The minimum absolute atomic E-state index is 0.0966. The van der Waals surface area contributed by atoms with E-state index in [0.29, 0.717) is 26.2 Å². The van der Waals surface area contributed by atoms with Crippen LogP contribution in [0.4, 0.5) is 0 Å². The van der Waals surface area contributed by atoms with Crippen LogP contribution in [-0.4, -0.2) is 48.3 Å². The van der Waals surface area contributed by atoms with Gasteiger partial charge in [-0.3, -0.25) is 9.59 Å². The maximum absolute atomic E-state index is 12.5. The normalized spacial score (nSPS) is 18.3. The summed E-state index contributed by atoms with van der Waals surface area (Å²) in [7, 11) is 0. The number of aryl methyl sites for hydroxylation is 2. The number of nitrogens with one attached hydrogen (secondary N) is 1. The molecule has 142 valence electrons. The van der Waals surface area contributed by atoms with Crippen molar-refractivity contribution in [1.29, 1.82) is 5.26 Å². The molecule has 0 radical (unpaired) electrons. The van der Waals surface area contributed by atoms with Crippen LogP contribution in [0, 0.1) is 11.3 Å². The van der Waals surface area contributed by atoms with Crippen molar-refractivity contribution in [2.24, 2.45) is 0 Å². The van der Waals surface area contributed by atoms with Crippen LogP contribution < -0.4 is 5.32 Å². The lowest BCUT2D eigenvalue weighted by Crippen LogP contribution is -2.43. The van der Waals surface area contributed by atoms with Crippen molar-refractivity contribution in [1.82, 2.24) is 15.1 Å². The van der Waals surface area contributed by atoms with E-state index in [4.69, 9.17) is 0 Å². The largest absolute Gasteiger partial charge is 0.373 e. The highest BCUT2D eigenvalue weighted by Crippen LogP contribution is 2.24. The first-order chi connectivity index (χ1) is 13.1. The van der Waals surface area contributed by atoms with Crippen LogP contribution in [0.15, 0.2) is 30.0 Å². The third-order valence-corrected chi connectivity index (χ3v) is 5.39. The number of carbonyl (C=O) groups excluding carboxylic acids is 2. The van der Waals surface area contributed by atoms with E-state index >= 15 is 0 Å². The number of rotatable bonds is 5. The van der Waals surface area contributed by atoms with Crippen molar-refractivity contribution < 1.29 is 9.59 Å². The number of nitrogens with zero attached hydrogens (tertiary/aromatic N) is 3. The van der Waals surface area contributed by atoms with Crippen LogP contribution in [0.5, 0.6) is 0 Å². The molecule has 1 aliphatic heterocycles. The summed E-state index contributed by atoms with van der Waals surface area (Å²) in [5.74, 6) is -0.361. The zero-order chi connectivity index (χ0) is 19.2. The number of benzene rings is 1. The van der Waals surface area contributed by atoms with Gasteiger partial charge in [0, 0.05) is 32.4 Å². The first-order valence-electron chi connectivity index (χ1n) is 9.58. The third kappa shape index (κ3) is 4.68. The molecule has 0 spiro atoms. The molecule has 1 unspecified atom stereocenters. The van der Waals surface area contributed by atoms with E-state index in [1.165, 1.54) is 24.0 Å². The van der Waals surface area contributed by atoms with Gasteiger partial charge in [0.15, 0.2) is 0 Å². The Morgan fingerprint density at radius 3 is 2.48 bits per heavy atom. The molecule has 1 aromatic rings. The summed E-state index contributed by atoms with van der Waals surface area (Å²) < 4.78 is 0. The lowest BCUT2D eigenvalue weighted by molar-refractivity contribution is -0.120. The minimum Gasteiger partial charge on any atom is -0.373 e. The zero-order valence-electron chi connectivity index (χ0n) is 15.8.